The van der Waals surface area contributed by atoms with E-state index in [9.17, 15) is 9.18 Å². The summed E-state index contributed by atoms with van der Waals surface area (Å²) in [4.78, 5) is 11.7. The molecule has 2 N–H and O–H groups in total. The van der Waals surface area contributed by atoms with Crippen LogP contribution < -0.4 is 15.4 Å². The molecule has 0 radical (unpaired) electrons. The van der Waals surface area contributed by atoms with Gasteiger partial charge in [0.2, 0.25) is 5.91 Å². The molecule has 1 aromatic rings. The van der Waals surface area contributed by atoms with Gasteiger partial charge in [0.15, 0.2) is 11.6 Å². The predicted molar refractivity (Wildman–Crippen MR) is 78.9 cm³/mol. The number of nitrogens with one attached hydrogen (secondary N) is 2. The van der Waals surface area contributed by atoms with Crippen molar-refractivity contribution in [3.8, 4) is 5.75 Å². The van der Waals surface area contributed by atoms with Gasteiger partial charge in [0.1, 0.15) is 0 Å². The van der Waals surface area contributed by atoms with Crippen LogP contribution in [0.2, 0.25) is 0 Å². The number of ether oxygens (including phenoxy) is 1. The van der Waals surface area contributed by atoms with Crippen LogP contribution in [0.3, 0.4) is 0 Å². The van der Waals surface area contributed by atoms with Crippen molar-refractivity contribution in [1.29, 1.82) is 0 Å². The Kier molecular flexibility index (Phi) is 4.39. The van der Waals surface area contributed by atoms with E-state index >= 15 is 0 Å². The van der Waals surface area contributed by atoms with Crippen LogP contribution in [0.5, 0.6) is 5.75 Å². The minimum Gasteiger partial charge on any atom is -0.487 e. The lowest BCUT2D eigenvalue weighted by Gasteiger charge is -2.26. The van der Waals surface area contributed by atoms with E-state index in [0.29, 0.717) is 5.69 Å². The predicted octanol–water partition coefficient (Wildman–Crippen LogP) is 2.70. The highest BCUT2D eigenvalue weighted by Gasteiger charge is 2.21. The van der Waals surface area contributed by atoms with Crippen molar-refractivity contribution in [2.75, 3.05) is 18.4 Å². The Balaban J connectivity index is 1.47. The van der Waals surface area contributed by atoms with Gasteiger partial charge >= 0.3 is 0 Å². The average molecular weight is 292 g/mol. The van der Waals surface area contributed by atoms with Crippen LogP contribution in [0.4, 0.5) is 10.1 Å². The highest BCUT2D eigenvalue weighted by atomic mass is 19.1. The normalized spacial score (nSPS) is 18.1. The Morgan fingerprint density at radius 1 is 1.29 bits per heavy atom. The zero-order valence-electron chi connectivity index (χ0n) is 12.0. The second-order valence-corrected chi connectivity index (χ2v) is 5.94. The first kappa shape index (κ1) is 14.3. The van der Waals surface area contributed by atoms with Gasteiger partial charge in [-0.3, -0.25) is 4.79 Å². The molecule has 0 saturated heterocycles. The van der Waals surface area contributed by atoms with Gasteiger partial charge in [-0.05, 0) is 56.7 Å². The quantitative estimate of drug-likeness (QED) is 0.812. The number of halogens is 1. The Bertz CT molecular complexity index is 513. The van der Waals surface area contributed by atoms with Crippen LogP contribution in [0, 0.1) is 11.7 Å². The van der Waals surface area contributed by atoms with E-state index in [0.717, 1.165) is 31.7 Å². The molecule has 0 bridgehead atoms. The summed E-state index contributed by atoms with van der Waals surface area (Å²) in [6, 6.07) is 4.57. The van der Waals surface area contributed by atoms with E-state index < -0.39 is 5.82 Å². The third-order valence-electron chi connectivity index (χ3n) is 3.98. The summed E-state index contributed by atoms with van der Waals surface area (Å²) in [7, 11) is 0. The molecule has 21 heavy (non-hydrogen) atoms. The maximum Gasteiger partial charge on any atom is 0.238 e. The smallest absolute Gasteiger partial charge is 0.238 e. The van der Waals surface area contributed by atoms with Gasteiger partial charge in [-0.2, -0.15) is 0 Å². The lowest BCUT2D eigenvalue weighted by Crippen LogP contribution is -2.29. The molecule has 2 fully saturated rings. The molecule has 1 amide bonds. The van der Waals surface area contributed by atoms with Gasteiger partial charge in [0, 0.05) is 11.8 Å². The highest BCUT2D eigenvalue weighted by molar-refractivity contribution is 5.92. The van der Waals surface area contributed by atoms with Crippen molar-refractivity contribution in [1.82, 2.24) is 5.32 Å². The Morgan fingerprint density at radius 2 is 2.10 bits per heavy atom. The third kappa shape index (κ3) is 4.17. The molecule has 0 spiro atoms. The Morgan fingerprint density at radius 3 is 2.71 bits per heavy atom. The van der Waals surface area contributed by atoms with Crippen LogP contribution in [0.15, 0.2) is 18.2 Å². The van der Waals surface area contributed by atoms with Crippen molar-refractivity contribution in [2.24, 2.45) is 5.92 Å². The molecule has 5 heteroatoms. The van der Waals surface area contributed by atoms with E-state index in [2.05, 4.69) is 10.6 Å². The van der Waals surface area contributed by atoms with Crippen molar-refractivity contribution in [3.05, 3.63) is 24.0 Å². The van der Waals surface area contributed by atoms with Crippen LogP contribution >= 0.6 is 0 Å². The van der Waals surface area contributed by atoms with Crippen molar-refractivity contribution >= 4 is 11.6 Å². The summed E-state index contributed by atoms with van der Waals surface area (Å²) in [5.74, 6) is 0.427. The van der Waals surface area contributed by atoms with E-state index in [1.807, 2.05) is 0 Å². The van der Waals surface area contributed by atoms with Crippen LogP contribution in [0.25, 0.3) is 0 Å². The van der Waals surface area contributed by atoms with E-state index in [1.54, 1.807) is 12.1 Å². The van der Waals surface area contributed by atoms with Crippen molar-refractivity contribution in [3.63, 3.8) is 0 Å². The second-order valence-electron chi connectivity index (χ2n) is 5.94. The number of carbonyl (C=O) groups is 1. The number of carbonyl (C=O) groups excluding carboxylic acids is 1. The number of hydrogen-bond donors (Lipinski definition) is 2. The van der Waals surface area contributed by atoms with Crippen LogP contribution in [-0.2, 0) is 4.79 Å². The van der Waals surface area contributed by atoms with E-state index in [1.165, 1.54) is 18.9 Å². The SMILES string of the molecule is O=C(CNCC1CC1)Nc1ccc(OC2CCC2)c(F)c1. The molecule has 4 nitrogen and oxygen atoms in total. The molecule has 2 saturated carbocycles. The first-order valence-corrected chi connectivity index (χ1v) is 7.67. The third-order valence-corrected chi connectivity index (χ3v) is 3.98. The number of rotatable bonds is 7. The first-order chi connectivity index (χ1) is 10.2. The van der Waals surface area contributed by atoms with Gasteiger partial charge in [-0.15, -0.1) is 0 Å². The first-order valence-electron chi connectivity index (χ1n) is 7.67. The lowest BCUT2D eigenvalue weighted by atomic mass is 9.96. The van der Waals surface area contributed by atoms with Crippen LogP contribution in [0.1, 0.15) is 32.1 Å². The zero-order valence-corrected chi connectivity index (χ0v) is 12.0. The summed E-state index contributed by atoms with van der Waals surface area (Å²) in [5.41, 5.74) is 0.465. The zero-order chi connectivity index (χ0) is 14.7. The molecule has 0 aliphatic heterocycles. The monoisotopic (exact) mass is 292 g/mol. The lowest BCUT2D eigenvalue weighted by molar-refractivity contribution is -0.115. The fraction of sp³-hybridized carbons (Fsp3) is 0.562. The average Bonchev–Trinajstić information content (AvgIpc) is 3.20. The fourth-order valence-corrected chi connectivity index (χ4v) is 2.26. The van der Waals surface area contributed by atoms with Crippen molar-refractivity contribution < 1.29 is 13.9 Å². The van der Waals surface area contributed by atoms with E-state index in [-0.39, 0.29) is 24.3 Å². The van der Waals surface area contributed by atoms with E-state index in [4.69, 9.17) is 4.74 Å². The maximum absolute atomic E-state index is 13.9. The largest absolute Gasteiger partial charge is 0.487 e. The summed E-state index contributed by atoms with van der Waals surface area (Å²) in [5, 5.41) is 5.79. The molecular formula is C16H21FN2O2. The number of benzene rings is 1. The Hall–Kier alpha value is -1.62. The molecule has 3 rings (SSSR count). The molecule has 114 valence electrons. The molecule has 1 aromatic carbocycles. The highest BCUT2D eigenvalue weighted by Crippen LogP contribution is 2.28. The van der Waals surface area contributed by atoms with Crippen LogP contribution in [-0.4, -0.2) is 25.1 Å². The van der Waals surface area contributed by atoms with Gasteiger partial charge in [-0.25, -0.2) is 4.39 Å². The number of anilines is 1. The maximum atomic E-state index is 13.9. The molecule has 0 heterocycles. The number of amides is 1. The minimum atomic E-state index is -0.425. The second kappa shape index (κ2) is 6.43. The van der Waals surface area contributed by atoms with Crippen molar-refractivity contribution in [2.45, 2.75) is 38.2 Å². The molecule has 0 aromatic heterocycles. The summed E-state index contributed by atoms with van der Waals surface area (Å²) >= 11 is 0. The van der Waals surface area contributed by atoms with Gasteiger partial charge in [-0.1, -0.05) is 0 Å². The minimum absolute atomic E-state index is 0.145. The molecular weight excluding hydrogens is 271 g/mol. The van der Waals surface area contributed by atoms with Gasteiger partial charge in [0.25, 0.3) is 0 Å². The summed E-state index contributed by atoms with van der Waals surface area (Å²) < 4.78 is 19.4. The fourth-order valence-electron chi connectivity index (χ4n) is 2.26. The summed E-state index contributed by atoms with van der Waals surface area (Å²) in [6.45, 7) is 1.15. The number of hydrogen-bond acceptors (Lipinski definition) is 3. The Labute approximate surface area is 124 Å². The molecule has 0 atom stereocenters. The standard InChI is InChI=1S/C16H21FN2O2/c17-14-8-12(6-7-15(14)21-13-2-1-3-13)19-16(20)10-18-9-11-4-5-11/h6-8,11,13,18H,1-5,9-10H2,(H,19,20). The summed E-state index contributed by atoms with van der Waals surface area (Å²) in [6.07, 6.45) is 5.78. The van der Waals surface area contributed by atoms with Gasteiger partial charge < -0.3 is 15.4 Å². The molecule has 2 aliphatic carbocycles. The topological polar surface area (TPSA) is 50.4 Å². The molecule has 2 aliphatic rings. The molecule has 0 unspecified atom stereocenters. The van der Waals surface area contributed by atoms with Gasteiger partial charge in [0.05, 0.1) is 12.6 Å².